The highest BCUT2D eigenvalue weighted by atomic mass is 19.4. The van der Waals surface area contributed by atoms with Crippen molar-refractivity contribution in [3.63, 3.8) is 0 Å². The van der Waals surface area contributed by atoms with E-state index in [0.29, 0.717) is 49.3 Å². The predicted octanol–water partition coefficient (Wildman–Crippen LogP) is 3.66. The van der Waals surface area contributed by atoms with Crippen LogP contribution < -0.4 is 15.6 Å². The fourth-order valence-electron chi connectivity index (χ4n) is 3.97. The van der Waals surface area contributed by atoms with E-state index in [0.717, 1.165) is 18.7 Å². The van der Waals surface area contributed by atoms with Crippen LogP contribution in [0.25, 0.3) is 10.9 Å². The molecule has 3 aromatic rings. The Morgan fingerprint density at radius 3 is 2.41 bits per heavy atom. The van der Waals surface area contributed by atoms with Crippen LogP contribution in [0.15, 0.2) is 53.3 Å². The zero-order valence-electron chi connectivity index (χ0n) is 18.4. The molecule has 1 aliphatic heterocycles. The monoisotopic (exact) mass is 479 g/mol. The Morgan fingerprint density at radius 1 is 0.971 bits per heavy atom. The zero-order valence-corrected chi connectivity index (χ0v) is 18.4. The summed E-state index contributed by atoms with van der Waals surface area (Å²) < 4.78 is 62.2. The second-order valence-electron chi connectivity index (χ2n) is 8.08. The lowest BCUT2D eigenvalue weighted by Gasteiger charge is -2.27. The van der Waals surface area contributed by atoms with E-state index < -0.39 is 6.36 Å². The van der Waals surface area contributed by atoms with Crippen molar-refractivity contribution in [3.8, 4) is 5.75 Å². The number of nitrogens with zero attached hydrogens (tertiary/aromatic N) is 2. The Morgan fingerprint density at radius 2 is 1.71 bits per heavy atom. The second kappa shape index (κ2) is 10.5. The Labute approximate surface area is 193 Å². The van der Waals surface area contributed by atoms with Gasteiger partial charge in [0.2, 0.25) is 0 Å². The van der Waals surface area contributed by atoms with Crippen LogP contribution in [0.5, 0.6) is 5.75 Å². The number of halogens is 4. The van der Waals surface area contributed by atoms with Gasteiger partial charge in [-0.05, 0) is 41.3 Å². The topological polar surface area (TPSA) is 55.7 Å². The van der Waals surface area contributed by atoms with Gasteiger partial charge >= 0.3 is 6.36 Å². The average Bonchev–Trinajstić information content (AvgIpc) is 2.80. The maximum atomic E-state index is 13.3. The highest BCUT2D eigenvalue weighted by molar-refractivity contribution is 5.81. The van der Waals surface area contributed by atoms with Crippen LogP contribution in [0.2, 0.25) is 0 Å². The quantitative estimate of drug-likeness (QED) is 0.500. The van der Waals surface area contributed by atoms with Gasteiger partial charge in [0.1, 0.15) is 11.6 Å². The molecule has 4 rings (SSSR count). The normalized spacial score (nSPS) is 15.1. The van der Waals surface area contributed by atoms with E-state index in [1.54, 1.807) is 18.2 Å². The Kier molecular flexibility index (Phi) is 7.50. The number of morpholine rings is 1. The maximum absolute atomic E-state index is 13.3. The zero-order chi connectivity index (χ0) is 24.1. The van der Waals surface area contributed by atoms with Gasteiger partial charge in [0.25, 0.3) is 5.56 Å². The van der Waals surface area contributed by atoms with Crippen molar-refractivity contribution in [2.24, 2.45) is 0 Å². The molecule has 2 aromatic carbocycles. The molecule has 182 valence electrons. The standard InChI is InChI=1S/C24H25F4N3O3/c25-20-4-1-17(2-5-20)15-29-16-19-13-18-3-6-21(34-24(26,27)28)14-22(18)31(23(19)32)8-7-30-9-11-33-12-10-30/h1-6,13-14,29H,7-12,15-16H2. The summed E-state index contributed by atoms with van der Waals surface area (Å²) in [6, 6.07) is 11.7. The molecule has 10 heteroatoms. The van der Waals surface area contributed by atoms with Crippen LogP contribution in [-0.2, 0) is 24.4 Å². The third kappa shape index (κ3) is 6.34. The minimum Gasteiger partial charge on any atom is -0.406 e. The third-order valence-electron chi connectivity index (χ3n) is 5.68. The van der Waals surface area contributed by atoms with Gasteiger partial charge in [-0.1, -0.05) is 12.1 Å². The minimum absolute atomic E-state index is 0.254. The largest absolute Gasteiger partial charge is 0.573 e. The van der Waals surface area contributed by atoms with Gasteiger partial charge in [-0.25, -0.2) is 4.39 Å². The lowest BCUT2D eigenvalue weighted by Crippen LogP contribution is -2.39. The van der Waals surface area contributed by atoms with E-state index in [1.807, 2.05) is 0 Å². The maximum Gasteiger partial charge on any atom is 0.573 e. The first-order chi connectivity index (χ1) is 16.3. The van der Waals surface area contributed by atoms with E-state index in [1.165, 1.54) is 34.9 Å². The van der Waals surface area contributed by atoms with E-state index in [4.69, 9.17) is 4.74 Å². The van der Waals surface area contributed by atoms with Gasteiger partial charge in [-0.3, -0.25) is 9.69 Å². The Balaban J connectivity index is 1.60. The lowest BCUT2D eigenvalue weighted by molar-refractivity contribution is -0.274. The van der Waals surface area contributed by atoms with E-state index in [2.05, 4.69) is 15.0 Å². The lowest BCUT2D eigenvalue weighted by atomic mass is 10.1. The first-order valence-corrected chi connectivity index (χ1v) is 11.0. The summed E-state index contributed by atoms with van der Waals surface area (Å²) in [6.45, 7) is 4.24. The van der Waals surface area contributed by atoms with Crippen LogP contribution in [0, 0.1) is 5.82 Å². The molecule has 1 fully saturated rings. The molecule has 0 aliphatic carbocycles. The smallest absolute Gasteiger partial charge is 0.406 e. The van der Waals surface area contributed by atoms with Gasteiger partial charge in [0.15, 0.2) is 0 Å². The number of pyridine rings is 1. The molecule has 34 heavy (non-hydrogen) atoms. The molecule has 6 nitrogen and oxygen atoms in total. The van der Waals surface area contributed by atoms with Crippen molar-refractivity contribution in [2.75, 3.05) is 32.8 Å². The summed E-state index contributed by atoms with van der Waals surface area (Å²) in [4.78, 5) is 15.5. The number of benzene rings is 2. The van der Waals surface area contributed by atoms with E-state index in [9.17, 15) is 22.4 Å². The molecule has 0 unspecified atom stereocenters. The summed E-state index contributed by atoms with van der Waals surface area (Å²) in [6.07, 6.45) is -4.82. The van der Waals surface area contributed by atoms with Gasteiger partial charge in [-0.2, -0.15) is 0 Å². The van der Waals surface area contributed by atoms with Crippen molar-refractivity contribution in [1.29, 1.82) is 0 Å². The third-order valence-corrected chi connectivity index (χ3v) is 5.68. The second-order valence-corrected chi connectivity index (χ2v) is 8.08. The van der Waals surface area contributed by atoms with Crippen molar-refractivity contribution in [2.45, 2.75) is 26.0 Å². The Bertz CT molecular complexity index is 1170. The van der Waals surface area contributed by atoms with Gasteiger partial charge in [0.05, 0.1) is 18.7 Å². The number of hydrogen-bond donors (Lipinski definition) is 1. The van der Waals surface area contributed by atoms with E-state index >= 15 is 0 Å². The molecule has 1 aliphatic rings. The molecule has 1 aromatic heterocycles. The first kappa shape index (κ1) is 24.2. The molecule has 0 radical (unpaired) electrons. The van der Waals surface area contributed by atoms with Crippen molar-refractivity contribution in [1.82, 2.24) is 14.8 Å². The fraction of sp³-hybridized carbons (Fsp3) is 0.375. The molecule has 0 spiro atoms. The molecule has 1 N–H and O–H groups in total. The summed E-state index contributed by atoms with van der Waals surface area (Å²) in [5, 5.41) is 3.82. The average molecular weight is 479 g/mol. The number of hydrogen-bond acceptors (Lipinski definition) is 5. The van der Waals surface area contributed by atoms with Crippen molar-refractivity contribution >= 4 is 10.9 Å². The summed E-state index contributed by atoms with van der Waals surface area (Å²) >= 11 is 0. The predicted molar refractivity (Wildman–Crippen MR) is 119 cm³/mol. The summed E-state index contributed by atoms with van der Waals surface area (Å²) in [5.74, 6) is -0.697. The molecule has 0 atom stereocenters. The Hall–Kier alpha value is -2.95. The molecule has 0 saturated carbocycles. The van der Waals surface area contributed by atoms with Gasteiger partial charge < -0.3 is 19.4 Å². The minimum atomic E-state index is -4.82. The molecule has 0 amide bonds. The summed E-state index contributed by atoms with van der Waals surface area (Å²) in [5.41, 5.74) is 1.45. The molecule has 0 bridgehead atoms. The van der Waals surface area contributed by atoms with Crippen molar-refractivity contribution in [3.05, 3.63) is 75.8 Å². The molecular formula is C24H25F4N3O3. The van der Waals surface area contributed by atoms with Crippen LogP contribution in [-0.4, -0.2) is 48.7 Å². The van der Waals surface area contributed by atoms with E-state index in [-0.39, 0.29) is 23.7 Å². The number of aromatic nitrogens is 1. The number of fused-ring (bicyclic) bond motifs is 1. The van der Waals surface area contributed by atoms with Gasteiger partial charge in [0, 0.05) is 50.9 Å². The first-order valence-electron chi connectivity index (χ1n) is 11.0. The van der Waals surface area contributed by atoms with Crippen LogP contribution in [0.3, 0.4) is 0 Å². The van der Waals surface area contributed by atoms with Crippen LogP contribution in [0.1, 0.15) is 11.1 Å². The van der Waals surface area contributed by atoms with Crippen LogP contribution in [0.4, 0.5) is 17.6 Å². The number of nitrogens with one attached hydrogen (secondary N) is 1. The van der Waals surface area contributed by atoms with Crippen molar-refractivity contribution < 1.29 is 27.0 Å². The fourth-order valence-corrected chi connectivity index (χ4v) is 3.97. The molecular weight excluding hydrogens is 454 g/mol. The molecule has 1 saturated heterocycles. The summed E-state index contributed by atoms with van der Waals surface area (Å²) in [7, 11) is 0. The van der Waals surface area contributed by atoms with Crippen LogP contribution >= 0.6 is 0 Å². The highest BCUT2D eigenvalue weighted by Crippen LogP contribution is 2.26. The number of rotatable bonds is 8. The molecule has 2 heterocycles. The number of alkyl halides is 3. The number of ether oxygens (including phenoxy) is 2. The SMILES string of the molecule is O=c1c(CNCc2ccc(F)cc2)cc2ccc(OC(F)(F)F)cc2n1CCN1CCOCC1. The highest BCUT2D eigenvalue weighted by Gasteiger charge is 2.31. The van der Waals surface area contributed by atoms with Gasteiger partial charge in [-0.15, -0.1) is 13.2 Å².